The Morgan fingerprint density at radius 3 is 2.44 bits per heavy atom. The Morgan fingerprint density at radius 1 is 1.50 bits per heavy atom. The van der Waals surface area contributed by atoms with Crippen LogP contribution in [-0.2, 0) is 0 Å². The third-order valence-electron chi connectivity index (χ3n) is 3.22. The zero-order chi connectivity index (χ0) is 14.1. The fourth-order valence-corrected chi connectivity index (χ4v) is 2.33. The number of hydrogen-bond acceptors (Lipinski definition) is 5. The van der Waals surface area contributed by atoms with Crippen LogP contribution in [0, 0.1) is 5.41 Å². The van der Waals surface area contributed by atoms with Gasteiger partial charge in [-0.05, 0) is 12.3 Å². The number of hydrogen-bond donors (Lipinski definition) is 2. The molecule has 0 aromatic carbocycles. The fourth-order valence-electron chi connectivity index (χ4n) is 1.51. The molecule has 5 nitrogen and oxygen atoms in total. The first kappa shape index (κ1) is 14.8. The standard InChI is InChI=1S/C12H22N4OS/c1-7(12(2,3)4)16(6)10(17)8-9(13)15-11(14-5)18-8/h7H,13H2,1-6H3,(H,14,15). The monoisotopic (exact) mass is 270 g/mol. The van der Waals surface area contributed by atoms with Gasteiger partial charge < -0.3 is 16.0 Å². The fraction of sp³-hybridized carbons (Fsp3) is 0.667. The molecule has 0 saturated carbocycles. The Hall–Kier alpha value is -1.30. The summed E-state index contributed by atoms with van der Waals surface area (Å²) in [4.78, 5) is 18.7. The van der Waals surface area contributed by atoms with Crippen molar-refractivity contribution in [2.45, 2.75) is 33.7 Å². The highest BCUT2D eigenvalue weighted by molar-refractivity contribution is 7.18. The first-order valence-electron chi connectivity index (χ1n) is 5.89. The van der Waals surface area contributed by atoms with Crippen molar-refractivity contribution in [2.75, 3.05) is 25.1 Å². The van der Waals surface area contributed by atoms with Gasteiger partial charge in [0.25, 0.3) is 5.91 Å². The predicted octanol–water partition coefficient (Wildman–Crippen LogP) is 2.27. The van der Waals surface area contributed by atoms with Gasteiger partial charge in [0, 0.05) is 20.1 Å². The van der Waals surface area contributed by atoms with Crippen molar-refractivity contribution in [1.82, 2.24) is 9.88 Å². The summed E-state index contributed by atoms with van der Waals surface area (Å²) in [6.07, 6.45) is 0. The molecule has 1 atom stereocenters. The molecule has 1 heterocycles. The van der Waals surface area contributed by atoms with Crippen LogP contribution in [0.1, 0.15) is 37.4 Å². The molecule has 1 amide bonds. The molecule has 1 aromatic rings. The molecule has 0 bridgehead atoms. The van der Waals surface area contributed by atoms with E-state index in [1.165, 1.54) is 11.3 Å². The van der Waals surface area contributed by atoms with Gasteiger partial charge in [0.05, 0.1) is 0 Å². The van der Waals surface area contributed by atoms with Crippen LogP contribution in [0.4, 0.5) is 10.9 Å². The number of nitrogens with zero attached hydrogens (tertiary/aromatic N) is 2. The molecule has 102 valence electrons. The summed E-state index contributed by atoms with van der Waals surface area (Å²) in [6.45, 7) is 8.36. The van der Waals surface area contributed by atoms with Crippen LogP contribution >= 0.6 is 11.3 Å². The second kappa shape index (κ2) is 5.14. The van der Waals surface area contributed by atoms with Crippen molar-refractivity contribution >= 4 is 28.2 Å². The van der Waals surface area contributed by atoms with Crippen molar-refractivity contribution in [3.63, 3.8) is 0 Å². The molecule has 0 aliphatic carbocycles. The van der Waals surface area contributed by atoms with E-state index < -0.39 is 0 Å². The van der Waals surface area contributed by atoms with E-state index in [9.17, 15) is 4.79 Å². The number of amides is 1. The van der Waals surface area contributed by atoms with E-state index in [0.29, 0.717) is 15.8 Å². The van der Waals surface area contributed by atoms with E-state index in [-0.39, 0.29) is 17.4 Å². The minimum Gasteiger partial charge on any atom is -0.382 e. The number of anilines is 2. The van der Waals surface area contributed by atoms with Gasteiger partial charge in [0.1, 0.15) is 10.7 Å². The maximum atomic E-state index is 12.4. The molecule has 0 aliphatic rings. The summed E-state index contributed by atoms with van der Waals surface area (Å²) < 4.78 is 0. The van der Waals surface area contributed by atoms with Crippen LogP contribution in [-0.4, -0.2) is 35.9 Å². The number of nitrogen functional groups attached to an aromatic ring is 1. The summed E-state index contributed by atoms with van der Waals surface area (Å²) in [5, 5.41) is 3.56. The van der Waals surface area contributed by atoms with Gasteiger partial charge in [-0.25, -0.2) is 4.98 Å². The van der Waals surface area contributed by atoms with Crippen LogP contribution < -0.4 is 11.1 Å². The Balaban J connectivity index is 2.96. The van der Waals surface area contributed by atoms with Gasteiger partial charge in [0.15, 0.2) is 5.13 Å². The molecular weight excluding hydrogens is 248 g/mol. The molecule has 1 aromatic heterocycles. The van der Waals surface area contributed by atoms with Crippen LogP contribution in [0.2, 0.25) is 0 Å². The third kappa shape index (κ3) is 2.93. The Bertz CT molecular complexity index is 436. The highest BCUT2D eigenvalue weighted by Crippen LogP contribution is 2.29. The lowest BCUT2D eigenvalue weighted by molar-refractivity contribution is 0.0635. The smallest absolute Gasteiger partial charge is 0.267 e. The normalized spacial score (nSPS) is 13.2. The second-order valence-electron chi connectivity index (χ2n) is 5.44. The molecule has 0 fully saturated rings. The minimum absolute atomic E-state index is 0.0235. The molecular formula is C12H22N4OS. The summed E-state index contributed by atoms with van der Waals surface area (Å²) in [7, 11) is 3.56. The van der Waals surface area contributed by atoms with Gasteiger partial charge in [-0.1, -0.05) is 32.1 Å². The molecule has 0 aliphatic heterocycles. The minimum atomic E-state index is -0.0751. The van der Waals surface area contributed by atoms with Gasteiger partial charge in [-0.2, -0.15) is 0 Å². The first-order chi connectivity index (χ1) is 8.18. The van der Waals surface area contributed by atoms with E-state index in [0.717, 1.165) is 0 Å². The summed E-state index contributed by atoms with van der Waals surface area (Å²) >= 11 is 1.29. The largest absolute Gasteiger partial charge is 0.382 e. The SMILES string of the molecule is CNc1nc(N)c(C(=O)N(C)C(C)C(C)(C)C)s1. The van der Waals surface area contributed by atoms with Crippen molar-refractivity contribution in [2.24, 2.45) is 5.41 Å². The predicted molar refractivity (Wildman–Crippen MR) is 77.1 cm³/mol. The highest BCUT2D eigenvalue weighted by Gasteiger charge is 2.29. The lowest BCUT2D eigenvalue weighted by Crippen LogP contribution is -2.42. The van der Waals surface area contributed by atoms with Crippen molar-refractivity contribution < 1.29 is 4.79 Å². The van der Waals surface area contributed by atoms with Crippen molar-refractivity contribution in [3.8, 4) is 0 Å². The van der Waals surface area contributed by atoms with Crippen LogP contribution in [0.3, 0.4) is 0 Å². The second-order valence-corrected chi connectivity index (χ2v) is 6.44. The van der Waals surface area contributed by atoms with Gasteiger partial charge in [-0.3, -0.25) is 4.79 Å². The van der Waals surface area contributed by atoms with Crippen molar-refractivity contribution in [1.29, 1.82) is 0 Å². The molecule has 3 N–H and O–H groups in total. The average Bonchev–Trinajstić information content (AvgIpc) is 2.66. The van der Waals surface area contributed by atoms with Gasteiger partial charge in [0.2, 0.25) is 0 Å². The Kier molecular flexibility index (Phi) is 4.21. The van der Waals surface area contributed by atoms with Crippen molar-refractivity contribution in [3.05, 3.63) is 4.88 Å². The van der Waals surface area contributed by atoms with Gasteiger partial charge in [-0.15, -0.1) is 0 Å². The quantitative estimate of drug-likeness (QED) is 0.884. The number of nitrogens with two attached hydrogens (primary N) is 1. The molecule has 6 heteroatoms. The summed E-state index contributed by atoms with van der Waals surface area (Å²) in [5.74, 6) is 0.219. The average molecular weight is 270 g/mol. The molecule has 0 spiro atoms. The number of rotatable bonds is 3. The topological polar surface area (TPSA) is 71.2 Å². The summed E-state index contributed by atoms with van der Waals surface area (Å²) in [5.41, 5.74) is 5.80. The van der Waals surface area contributed by atoms with Gasteiger partial charge >= 0.3 is 0 Å². The number of nitrogens with one attached hydrogen (secondary N) is 1. The zero-order valence-electron chi connectivity index (χ0n) is 11.9. The number of thiazole rings is 1. The number of carbonyl (C=O) groups excluding carboxylic acids is 1. The van der Waals surface area contributed by atoms with Crippen LogP contribution in [0.25, 0.3) is 0 Å². The van der Waals surface area contributed by atoms with Crippen LogP contribution in [0.5, 0.6) is 0 Å². The number of carbonyl (C=O) groups is 1. The molecule has 18 heavy (non-hydrogen) atoms. The van der Waals surface area contributed by atoms with E-state index in [2.05, 4.69) is 31.1 Å². The highest BCUT2D eigenvalue weighted by atomic mass is 32.1. The van der Waals surface area contributed by atoms with E-state index in [4.69, 9.17) is 5.73 Å². The lowest BCUT2D eigenvalue weighted by atomic mass is 9.87. The summed E-state index contributed by atoms with van der Waals surface area (Å²) in [6, 6.07) is 0.115. The van der Waals surface area contributed by atoms with E-state index in [1.807, 2.05) is 6.92 Å². The lowest BCUT2D eigenvalue weighted by Gasteiger charge is -2.35. The molecule has 0 radical (unpaired) electrons. The Morgan fingerprint density at radius 2 is 2.06 bits per heavy atom. The molecule has 1 rings (SSSR count). The van der Waals surface area contributed by atoms with E-state index >= 15 is 0 Å². The molecule has 1 unspecified atom stereocenters. The Labute approximate surface area is 112 Å². The maximum absolute atomic E-state index is 12.4. The first-order valence-corrected chi connectivity index (χ1v) is 6.71. The van der Waals surface area contributed by atoms with Crippen LogP contribution in [0.15, 0.2) is 0 Å². The number of aromatic nitrogens is 1. The third-order valence-corrected chi connectivity index (χ3v) is 4.29. The maximum Gasteiger partial charge on any atom is 0.267 e. The zero-order valence-corrected chi connectivity index (χ0v) is 12.7. The molecule has 0 saturated heterocycles. The van der Waals surface area contributed by atoms with E-state index in [1.54, 1.807) is 19.0 Å².